The molecule has 0 amide bonds. The van der Waals surface area contributed by atoms with Crippen LogP contribution in [0, 0.1) is 23.2 Å². The second kappa shape index (κ2) is 2.08. The van der Waals surface area contributed by atoms with Crippen LogP contribution in [0.1, 0.15) is 19.8 Å². The van der Waals surface area contributed by atoms with Crippen LogP contribution in [0.5, 0.6) is 0 Å². The number of aliphatic hydroxyl groups is 1. The second-order valence-corrected chi connectivity index (χ2v) is 5.07. The van der Waals surface area contributed by atoms with E-state index in [-0.39, 0.29) is 23.4 Å². The van der Waals surface area contributed by atoms with Crippen molar-refractivity contribution < 1.29 is 14.6 Å². The van der Waals surface area contributed by atoms with E-state index in [0.717, 1.165) is 12.8 Å². The Labute approximate surface area is 77.1 Å². The molecule has 5 unspecified atom stereocenters. The minimum Gasteiger partial charge on any atom is -0.465 e. The van der Waals surface area contributed by atoms with Crippen LogP contribution in [-0.4, -0.2) is 23.8 Å². The molecule has 2 saturated carbocycles. The Kier molecular flexibility index (Phi) is 1.25. The largest absolute Gasteiger partial charge is 0.465 e. The minimum absolute atomic E-state index is 0.0260. The molecule has 5 atom stereocenters. The van der Waals surface area contributed by atoms with Crippen molar-refractivity contribution in [3.63, 3.8) is 0 Å². The maximum absolute atomic E-state index is 11.5. The average Bonchev–Trinajstić information content (AvgIpc) is 2.61. The van der Waals surface area contributed by atoms with E-state index >= 15 is 0 Å². The van der Waals surface area contributed by atoms with Crippen molar-refractivity contribution in [2.24, 2.45) is 23.2 Å². The van der Waals surface area contributed by atoms with Gasteiger partial charge < -0.3 is 9.84 Å². The van der Waals surface area contributed by atoms with Crippen molar-refractivity contribution in [1.29, 1.82) is 0 Å². The number of hydrogen-bond acceptors (Lipinski definition) is 3. The van der Waals surface area contributed by atoms with Crippen LogP contribution in [0.4, 0.5) is 0 Å². The van der Waals surface area contributed by atoms with Crippen LogP contribution < -0.4 is 0 Å². The molecule has 3 nitrogen and oxygen atoms in total. The molecule has 72 valence electrons. The van der Waals surface area contributed by atoms with Crippen molar-refractivity contribution in [2.75, 3.05) is 6.61 Å². The van der Waals surface area contributed by atoms with Crippen LogP contribution in [0.25, 0.3) is 0 Å². The Balaban J connectivity index is 2.01. The summed E-state index contributed by atoms with van der Waals surface area (Å²) >= 11 is 0. The van der Waals surface area contributed by atoms with Crippen molar-refractivity contribution in [3.05, 3.63) is 0 Å². The van der Waals surface area contributed by atoms with E-state index in [1.807, 2.05) is 0 Å². The Morgan fingerprint density at radius 1 is 1.46 bits per heavy atom. The van der Waals surface area contributed by atoms with Gasteiger partial charge in [0.05, 0.1) is 18.6 Å². The summed E-state index contributed by atoms with van der Waals surface area (Å²) in [5.74, 6) is 0.686. The highest BCUT2D eigenvalue weighted by Gasteiger charge is 2.64. The van der Waals surface area contributed by atoms with Gasteiger partial charge >= 0.3 is 5.97 Å². The predicted octanol–water partition coefficient (Wildman–Crippen LogP) is 0.566. The first-order valence-corrected chi connectivity index (χ1v) is 4.96. The molecule has 0 spiro atoms. The summed E-state index contributed by atoms with van der Waals surface area (Å²) < 4.78 is 5.06. The first-order chi connectivity index (χ1) is 6.12. The molecular weight excluding hydrogens is 168 g/mol. The number of fused-ring (bicyclic) bond motifs is 5. The second-order valence-electron chi connectivity index (χ2n) is 5.07. The first kappa shape index (κ1) is 7.80. The van der Waals surface area contributed by atoms with Crippen LogP contribution in [0.3, 0.4) is 0 Å². The van der Waals surface area contributed by atoms with Gasteiger partial charge in [0.25, 0.3) is 0 Å². The first-order valence-electron chi connectivity index (χ1n) is 4.96. The molecule has 0 aromatic carbocycles. The zero-order chi connectivity index (χ0) is 9.22. The van der Waals surface area contributed by atoms with Crippen molar-refractivity contribution in [3.8, 4) is 0 Å². The third-order valence-electron chi connectivity index (χ3n) is 4.27. The Bertz CT molecular complexity index is 275. The van der Waals surface area contributed by atoms with E-state index in [4.69, 9.17) is 4.74 Å². The molecular formula is C10H14O3. The van der Waals surface area contributed by atoms with E-state index in [1.54, 1.807) is 0 Å². The number of rotatable bonds is 0. The van der Waals surface area contributed by atoms with Crippen LogP contribution in [0.2, 0.25) is 0 Å². The normalized spacial score (nSPS) is 58.2. The summed E-state index contributed by atoms with van der Waals surface area (Å²) in [6, 6.07) is 0. The number of carbonyl (C=O) groups excluding carboxylic acids is 1. The molecule has 0 radical (unpaired) electrons. The summed E-state index contributed by atoms with van der Waals surface area (Å²) in [4.78, 5) is 11.5. The molecule has 2 bridgehead atoms. The summed E-state index contributed by atoms with van der Waals surface area (Å²) in [7, 11) is 0. The van der Waals surface area contributed by atoms with Gasteiger partial charge in [-0.1, -0.05) is 6.92 Å². The maximum Gasteiger partial charge on any atom is 0.309 e. The highest BCUT2D eigenvalue weighted by molar-refractivity contribution is 5.76. The van der Waals surface area contributed by atoms with E-state index < -0.39 is 0 Å². The van der Waals surface area contributed by atoms with Gasteiger partial charge in [0.1, 0.15) is 0 Å². The van der Waals surface area contributed by atoms with Gasteiger partial charge in [-0.15, -0.1) is 0 Å². The van der Waals surface area contributed by atoms with E-state index in [2.05, 4.69) is 6.92 Å². The lowest BCUT2D eigenvalue weighted by molar-refractivity contribution is -0.144. The third-order valence-corrected chi connectivity index (χ3v) is 4.27. The number of cyclic esters (lactones) is 1. The quantitative estimate of drug-likeness (QED) is 0.557. The lowest BCUT2D eigenvalue weighted by atomic mass is 9.72. The van der Waals surface area contributed by atoms with E-state index in [1.165, 1.54) is 0 Å². The number of carbonyl (C=O) groups is 1. The van der Waals surface area contributed by atoms with Crippen molar-refractivity contribution in [1.82, 2.24) is 0 Å². The van der Waals surface area contributed by atoms with Crippen molar-refractivity contribution in [2.45, 2.75) is 25.9 Å². The molecule has 13 heavy (non-hydrogen) atoms. The molecule has 3 aliphatic rings. The molecule has 3 heteroatoms. The Hall–Kier alpha value is -0.570. The molecule has 1 N–H and O–H groups in total. The zero-order valence-electron chi connectivity index (χ0n) is 7.69. The SMILES string of the molecule is CC12CC(O)C(C1)C1COC(=O)C12. The van der Waals surface area contributed by atoms with Gasteiger partial charge in [-0.3, -0.25) is 4.79 Å². The fourth-order valence-corrected chi connectivity index (χ4v) is 3.79. The summed E-state index contributed by atoms with van der Waals surface area (Å²) in [5, 5.41) is 9.75. The van der Waals surface area contributed by atoms with Crippen LogP contribution >= 0.6 is 0 Å². The molecule has 3 fully saturated rings. The molecule has 3 rings (SSSR count). The highest BCUT2D eigenvalue weighted by Crippen LogP contribution is 2.62. The monoisotopic (exact) mass is 182 g/mol. The lowest BCUT2D eigenvalue weighted by Crippen LogP contribution is -2.36. The third kappa shape index (κ3) is 0.766. The molecule has 0 aromatic heterocycles. The standard InChI is InChI=1S/C10H14O3/c1-10-2-5(7(11)3-10)6-4-13-9(12)8(6)10/h5-8,11H,2-4H2,1H3. The summed E-state index contributed by atoms with van der Waals surface area (Å²) in [6.07, 6.45) is 1.60. The van der Waals surface area contributed by atoms with Gasteiger partial charge in [0.2, 0.25) is 0 Å². The van der Waals surface area contributed by atoms with Crippen LogP contribution in [-0.2, 0) is 9.53 Å². The molecule has 1 heterocycles. The topological polar surface area (TPSA) is 46.5 Å². The zero-order valence-corrected chi connectivity index (χ0v) is 7.69. The minimum atomic E-state index is -0.194. The fourth-order valence-electron chi connectivity index (χ4n) is 3.79. The summed E-state index contributed by atoms with van der Waals surface area (Å²) in [6.45, 7) is 2.66. The summed E-state index contributed by atoms with van der Waals surface area (Å²) in [5.41, 5.74) is 0.0301. The Morgan fingerprint density at radius 2 is 2.23 bits per heavy atom. The van der Waals surface area contributed by atoms with Crippen LogP contribution in [0.15, 0.2) is 0 Å². The average molecular weight is 182 g/mol. The fraction of sp³-hybridized carbons (Fsp3) is 0.900. The number of ether oxygens (including phenoxy) is 1. The van der Waals surface area contributed by atoms with Gasteiger partial charge in [-0.05, 0) is 24.2 Å². The predicted molar refractivity (Wildman–Crippen MR) is 44.8 cm³/mol. The van der Waals surface area contributed by atoms with E-state index in [0.29, 0.717) is 18.4 Å². The molecule has 1 aliphatic heterocycles. The molecule has 2 aliphatic carbocycles. The Morgan fingerprint density at radius 3 is 3.00 bits per heavy atom. The van der Waals surface area contributed by atoms with Gasteiger partial charge in [-0.25, -0.2) is 0 Å². The van der Waals surface area contributed by atoms with Gasteiger partial charge in [0.15, 0.2) is 0 Å². The van der Waals surface area contributed by atoms with Gasteiger partial charge in [-0.2, -0.15) is 0 Å². The molecule has 1 saturated heterocycles. The van der Waals surface area contributed by atoms with E-state index in [9.17, 15) is 9.90 Å². The number of esters is 1. The number of aliphatic hydroxyl groups excluding tert-OH is 1. The smallest absolute Gasteiger partial charge is 0.309 e. The highest BCUT2D eigenvalue weighted by atomic mass is 16.5. The lowest BCUT2D eigenvalue weighted by Gasteiger charge is -2.31. The van der Waals surface area contributed by atoms with Gasteiger partial charge in [0, 0.05) is 5.92 Å². The maximum atomic E-state index is 11.5. The number of hydrogen-bond donors (Lipinski definition) is 1. The molecule has 0 aromatic rings. The van der Waals surface area contributed by atoms with Crippen molar-refractivity contribution >= 4 is 5.97 Å².